The van der Waals surface area contributed by atoms with E-state index in [2.05, 4.69) is 25.2 Å². The normalized spacial score (nSPS) is 18.4. The van der Waals surface area contributed by atoms with Gasteiger partial charge in [0.1, 0.15) is 11.9 Å². The molecule has 2 aromatic rings. The summed E-state index contributed by atoms with van der Waals surface area (Å²) in [7, 11) is 2.62. The van der Waals surface area contributed by atoms with E-state index in [9.17, 15) is 14.7 Å². The summed E-state index contributed by atoms with van der Waals surface area (Å²) < 4.78 is 0. The number of aliphatic hydroxyl groups is 1. The summed E-state index contributed by atoms with van der Waals surface area (Å²) in [6.07, 6.45) is 0. The predicted molar refractivity (Wildman–Crippen MR) is 125 cm³/mol. The third kappa shape index (κ3) is 5.19. The van der Waals surface area contributed by atoms with Gasteiger partial charge in [0, 0.05) is 29.3 Å². The number of benzene rings is 2. The molecule has 2 amide bonds. The Kier molecular flexibility index (Phi) is 7.21. The minimum absolute atomic E-state index is 0.121. The van der Waals surface area contributed by atoms with E-state index in [0.29, 0.717) is 17.0 Å². The van der Waals surface area contributed by atoms with Gasteiger partial charge in [0.2, 0.25) is 5.91 Å². The van der Waals surface area contributed by atoms with E-state index in [1.807, 2.05) is 37.3 Å². The summed E-state index contributed by atoms with van der Waals surface area (Å²) in [6.45, 7) is 3.65. The molecule has 3 unspecified atom stereocenters. The molecule has 3 atom stereocenters. The summed E-state index contributed by atoms with van der Waals surface area (Å²) in [6, 6.07) is 13.9. The summed E-state index contributed by atoms with van der Waals surface area (Å²) >= 11 is 0. The van der Waals surface area contributed by atoms with Crippen LogP contribution in [0.4, 0.5) is 0 Å². The topological polar surface area (TPSA) is 114 Å². The molecule has 7 nitrogen and oxygen atoms in total. The molecule has 0 aliphatic carbocycles. The van der Waals surface area contributed by atoms with Gasteiger partial charge in [0.05, 0.1) is 6.61 Å². The van der Waals surface area contributed by atoms with Gasteiger partial charge in [-0.1, -0.05) is 42.0 Å². The number of nitrogens with one attached hydrogen (secondary N) is 4. The maximum atomic E-state index is 13.1. The minimum atomic E-state index is -0.904. The Balaban J connectivity index is 2.06. The first-order chi connectivity index (χ1) is 14.8. The van der Waals surface area contributed by atoms with Crippen LogP contribution in [0.5, 0.6) is 0 Å². The molecule has 8 heteroatoms. The fraction of sp³-hybridized carbons (Fsp3) is 0.261. The fourth-order valence-electron chi connectivity index (χ4n) is 3.71. The van der Waals surface area contributed by atoms with E-state index in [1.165, 1.54) is 0 Å². The molecule has 162 valence electrons. The first kappa shape index (κ1) is 22.7. The second-order valence-electron chi connectivity index (χ2n) is 7.52. The van der Waals surface area contributed by atoms with Gasteiger partial charge in [-0.15, -0.1) is 9.24 Å². The maximum Gasteiger partial charge on any atom is 0.251 e. The van der Waals surface area contributed by atoms with E-state index in [4.69, 9.17) is 5.41 Å². The molecule has 0 aromatic heterocycles. The molecule has 31 heavy (non-hydrogen) atoms. The highest BCUT2D eigenvalue weighted by Crippen LogP contribution is 2.33. The van der Waals surface area contributed by atoms with Crippen LogP contribution in [0.15, 0.2) is 59.9 Å². The number of carbonyl (C=O) groups is 2. The van der Waals surface area contributed by atoms with Crippen molar-refractivity contribution in [3.63, 3.8) is 0 Å². The number of aryl methyl sites for hydroxylation is 1. The number of rotatable bonds is 7. The zero-order valence-corrected chi connectivity index (χ0v) is 18.7. The van der Waals surface area contributed by atoms with E-state index in [1.54, 1.807) is 25.1 Å². The Morgan fingerprint density at radius 1 is 1.23 bits per heavy atom. The van der Waals surface area contributed by atoms with Crippen LogP contribution < -0.4 is 21.3 Å². The lowest BCUT2D eigenvalue weighted by Gasteiger charge is -2.36. The monoisotopic (exact) mass is 438 g/mol. The number of hydrogen-bond donors (Lipinski definition) is 5. The molecular weight excluding hydrogens is 411 g/mol. The van der Waals surface area contributed by atoms with Crippen LogP contribution in [0.25, 0.3) is 0 Å². The smallest absolute Gasteiger partial charge is 0.251 e. The molecule has 1 heterocycles. The van der Waals surface area contributed by atoms with Crippen molar-refractivity contribution >= 4 is 32.1 Å². The number of hydrogen-bond acceptors (Lipinski definition) is 5. The zero-order chi connectivity index (χ0) is 22.5. The van der Waals surface area contributed by atoms with Gasteiger partial charge in [0.25, 0.3) is 5.91 Å². The predicted octanol–water partition coefficient (Wildman–Crippen LogP) is 1.34. The van der Waals surface area contributed by atoms with Gasteiger partial charge in [-0.05, 0) is 36.8 Å². The lowest BCUT2D eigenvalue weighted by atomic mass is 9.80. The van der Waals surface area contributed by atoms with Crippen molar-refractivity contribution in [1.29, 1.82) is 5.41 Å². The molecule has 5 N–H and O–H groups in total. The third-order valence-electron chi connectivity index (χ3n) is 5.12. The quantitative estimate of drug-likeness (QED) is 0.332. The molecule has 3 rings (SSSR count). The standard InChI is InChI=1S/C23H27N4O3P/c1-13-4-3-5-16(12-13)22(29)26-20-19(15-6-8-17(31)9-7-15)18(14(2)24)21(25-10-11-28)27-23(20)30/h3-9,12,19-20,24-25,28H,10-11,31H2,1-2H3,(H,26,29)(H,27,30). The van der Waals surface area contributed by atoms with E-state index < -0.39 is 12.0 Å². The highest BCUT2D eigenvalue weighted by Gasteiger charge is 2.40. The van der Waals surface area contributed by atoms with Gasteiger partial charge >= 0.3 is 0 Å². The van der Waals surface area contributed by atoms with Gasteiger partial charge in [0.15, 0.2) is 0 Å². The van der Waals surface area contributed by atoms with Crippen LogP contribution in [0.3, 0.4) is 0 Å². The minimum Gasteiger partial charge on any atom is -0.395 e. The molecule has 0 saturated carbocycles. The van der Waals surface area contributed by atoms with Gasteiger partial charge in [-0.25, -0.2) is 0 Å². The average molecular weight is 438 g/mol. The van der Waals surface area contributed by atoms with Crippen molar-refractivity contribution in [2.24, 2.45) is 0 Å². The molecule has 0 spiro atoms. The van der Waals surface area contributed by atoms with Crippen LogP contribution in [-0.4, -0.2) is 41.8 Å². The molecule has 1 aliphatic rings. The van der Waals surface area contributed by atoms with Gasteiger partial charge in [-0.3, -0.25) is 9.59 Å². The summed E-state index contributed by atoms with van der Waals surface area (Å²) in [5.41, 5.74) is 3.04. The molecule has 0 fully saturated rings. The largest absolute Gasteiger partial charge is 0.395 e. The van der Waals surface area contributed by atoms with Crippen LogP contribution in [0.1, 0.15) is 34.3 Å². The summed E-state index contributed by atoms with van der Waals surface area (Å²) in [5, 5.41) is 27.2. The van der Waals surface area contributed by atoms with Crippen LogP contribution >= 0.6 is 9.24 Å². The van der Waals surface area contributed by atoms with Crippen molar-refractivity contribution in [1.82, 2.24) is 16.0 Å². The van der Waals surface area contributed by atoms with Crippen molar-refractivity contribution < 1.29 is 14.7 Å². The van der Waals surface area contributed by atoms with Gasteiger partial charge < -0.3 is 26.5 Å². The van der Waals surface area contributed by atoms with E-state index in [-0.39, 0.29) is 30.7 Å². The number of aliphatic hydroxyl groups excluding tert-OH is 1. The summed E-state index contributed by atoms with van der Waals surface area (Å²) in [5.74, 6) is -0.920. The SMILES string of the molecule is CC(=N)C1=C(NCCO)NC(=O)C(NC(=O)c2cccc(C)c2)C1c1ccc(P)cc1. The second-order valence-corrected chi connectivity index (χ2v) is 8.18. The second kappa shape index (κ2) is 9.86. The van der Waals surface area contributed by atoms with Gasteiger partial charge in [-0.2, -0.15) is 0 Å². The van der Waals surface area contributed by atoms with Crippen molar-refractivity contribution in [2.45, 2.75) is 25.8 Å². The number of amides is 2. The first-order valence-corrected chi connectivity index (χ1v) is 10.6. The lowest BCUT2D eigenvalue weighted by molar-refractivity contribution is -0.123. The Labute approximate surface area is 184 Å². The Morgan fingerprint density at radius 2 is 1.94 bits per heavy atom. The van der Waals surface area contributed by atoms with Crippen molar-refractivity contribution in [3.05, 3.63) is 76.6 Å². The molecule has 0 bridgehead atoms. The highest BCUT2D eigenvalue weighted by molar-refractivity contribution is 7.27. The third-order valence-corrected chi connectivity index (χ3v) is 5.51. The summed E-state index contributed by atoms with van der Waals surface area (Å²) in [4.78, 5) is 26.0. The Morgan fingerprint density at radius 3 is 2.55 bits per heavy atom. The fourth-order valence-corrected chi connectivity index (χ4v) is 3.90. The highest BCUT2D eigenvalue weighted by atomic mass is 31.0. The average Bonchev–Trinajstić information content (AvgIpc) is 2.73. The van der Waals surface area contributed by atoms with E-state index in [0.717, 1.165) is 16.4 Å². The van der Waals surface area contributed by atoms with Crippen LogP contribution in [-0.2, 0) is 4.79 Å². The number of carbonyl (C=O) groups excluding carboxylic acids is 2. The maximum absolute atomic E-state index is 13.1. The van der Waals surface area contributed by atoms with Crippen LogP contribution in [0, 0.1) is 12.3 Å². The zero-order valence-electron chi connectivity index (χ0n) is 17.5. The molecule has 1 aliphatic heterocycles. The molecule has 0 saturated heterocycles. The first-order valence-electron chi connectivity index (χ1n) is 10.00. The van der Waals surface area contributed by atoms with Crippen LogP contribution in [0.2, 0.25) is 0 Å². The molecule has 2 aromatic carbocycles. The van der Waals surface area contributed by atoms with Crippen molar-refractivity contribution in [2.75, 3.05) is 13.2 Å². The molecular formula is C23H27N4O3P. The van der Waals surface area contributed by atoms with Crippen molar-refractivity contribution in [3.8, 4) is 0 Å². The molecule has 0 radical (unpaired) electrons. The Hall–Kier alpha value is -3.02. The van der Waals surface area contributed by atoms with E-state index >= 15 is 0 Å². The Bertz CT molecular complexity index is 1030. The lowest BCUT2D eigenvalue weighted by Crippen LogP contribution is -2.56.